The summed E-state index contributed by atoms with van der Waals surface area (Å²) in [6.07, 6.45) is 7.53. The van der Waals surface area contributed by atoms with Gasteiger partial charge in [0.2, 0.25) is 0 Å². The zero-order chi connectivity index (χ0) is 16.5. The highest BCUT2D eigenvalue weighted by atomic mass is 16.3. The van der Waals surface area contributed by atoms with E-state index >= 15 is 0 Å². The molecule has 2 nitrogen and oxygen atoms in total. The van der Waals surface area contributed by atoms with E-state index in [9.17, 15) is 5.11 Å². The average molecular weight is 309 g/mol. The molecular weight excluding hydrogens is 272 g/mol. The van der Waals surface area contributed by atoms with Gasteiger partial charge in [0.25, 0.3) is 0 Å². The standard InChI is InChI=1S/C20H36O2/c1-14(9-12-21)7-8-16-15(2)17(22)13-18-19(3,4)10-6-11-20(16,18)5/h14,16-18,21-22H,2,6-13H2,1,3-5H3. The SMILES string of the molecule is C=C1C(O)CC2C(C)(C)CCCC2(C)C1CCC(C)CCO. The van der Waals surface area contributed by atoms with Crippen LogP contribution in [0, 0.1) is 28.6 Å². The van der Waals surface area contributed by atoms with Crippen LogP contribution in [0.25, 0.3) is 0 Å². The van der Waals surface area contributed by atoms with E-state index in [2.05, 4.69) is 34.3 Å². The maximum Gasteiger partial charge on any atom is 0.0753 e. The van der Waals surface area contributed by atoms with Crippen molar-refractivity contribution in [3.8, 4) is 0 Å². The summed E-state index contributed by atoms with van der Waals surface area (Å²) in [5.74, 6) is 1.57. The van der Waals surface area contributed by atoms with Crippen molar-refractivity contribution in [3.63, 3.8) is 0 Å². The average Bonchev–Trinajstić information content (AvgIpc) is 2.41. The molecule has 0 aliphatic heterocycles. The summed E-state index contributed by atoms with van der Waals surface area (Å²) in [6.45, 7) is 14.0. The van der Waals surface area contributed by atoms with Crippen LogP contribution in [0.4, 0.5) is 0 Å². The van der Waals surface area contributed by atoms with Crippen LogP contribution >= 0.6 is 0 Å². The molecule has 5 atom stereocenters. The van der Waals surface area contributed by atoms with Gasteiger partial charge in [-0.3, -0.25) is 0 Å². The first-order valence-electron chi connectivity index (χ1n) is 9.20. The Morgan fingerprint density at radius 2 is 1.91 bits per heavy atom. The summed E-state index contributed by atoms with van der Waals surface area (Å²) >= 11 is 0. The van der Waals surface area contributed by atoms with E-state index in [1.807, 2.05) is 0 Å². The summed E-state index contributed by atoms with van der Waals surface area (Å²) in [5.41, 5.74) is 1.69. The molecule has 2 fully saturated rings. The Labute approximate surface area is 137 Å². The zero-order valence-electron chi connectivity index (χ0n) is 15.1. The summed E-state index contributed by atoms with van der Waals surface area (Å²) in [5, 5.41) is 19.7. The Bertz CT molecular complexity index is 401. The molecule has 2 saturated carbocycles. The predicted octanol–water partition coefficient (Wildman–Crippen LogP) is 4.55. The summed E-state index contributed by atoms with van der Waals surface area (Å²) in [6, 6.07) is 0. The monoisotopic (exact) mass is 308 g/mol. The normalized spacial score (nSPS) is 39.4. The minimum atomic E-state index is -0.325. The second-order valence-electron chi connectivity index (χ2n) is 8.97. The smallest absolute Gasteiger partial charge is 0.0753 e. The first-order chi connectivity index (χ1) is 10.2. The molecule has 0 heterocycles. The highest BCUT2D eigenvalue weighted by Gasteiger charge is 2.54. The van der Waals surface area contributed by atoms with Crippen LogP contribution in [0.2, 0.25) is 0 Å². The quantitative estimate of drug-likeness (QED) is 0.731. The van der Waals surface area contributed by atoms with Crippen molar-refractivity contribution in [1.29, 1.82) is 0 Å². The summed E-state index contributed by atoms with van der Waals surface area (Å²) < 4.78 is 0. The molecule has 2 aliphatic rings. The van der Waals surface area contributed by atoms with Crippen molar-refractivity contribution < 1.29 is 10.2 Å². The fourth-order valence-corrected chi connectivity index (χ4v) is 5.53. The minimum Gasteiger partial charge on any atom is -0.396 e. The molecule has 2 aliphatic carbocycles. The molecule has 0 aromatic carbocycles. The van der Waals surface area contributed by atoms with Crippen molar-refractivity contribution in [1.82, 2.24) is 0 Å². The molecule has 0 saturated heterocycles. The molecule has 0 spiro atoms. The fraction of sp³-hybridized carbons (Fsp3) is 0.900. The van der Waals surface area contributed by atoms with Gasteiger partial charge in [0.15, 0.2) is 0 Å². The third-order valence-electron chi connectivity index (χ3n) is 6.98. The van der Waals surface area contributed by atoms with E-state index in [4.69, 9.17) is 5.11 Å². The Morgan fingerprint density at radius 1 is 1.23 bits per heavy atom. The van der Waals surface area contributed by atoms with E-state index in [1.54, 1.807) is 0 Å². The van der Waals surface area contributed by atoms with Crippen molar-refractivity contribution in [2.45, 2.75) is 78.7 Å². The number of aliphatic hydroxyl groups excluding tert-OH is 2. The molecule has 22 heavy (non-hydrogen) atoms. The molecule has 0 aromatic heterocycles. The predicted molar refractivity (Wildman–Crippen MR) is 92.6 cm³/mol. The third kappa shape index (κ3) is 3.28. The van der Waals surface area contributed by atoms with Crippen molar-refractivity contribution in [3.05, 3.63) is 12.2 Å². The molecule has 128 valence electrons. The van der Waals surface area contributed by atoms with Gasteiger partial charge in [-0.1, -0.05) is 47.1 Å². The molecular formula is C20H36O2. The fourth-order valence-electron chi connectivity index (χ4n) is 5.53. The van der Waals surface area contributed by atoms with Crippen LogP contribution in [0.5, 0.6) is 0 Å². The first-order valence-corrected chi connectivity index (χ1v) is 9.20. The van der Waals surface area contributed by atoms with Crippen molar-refractivity contribution >= 4 is 0 Å². The number of aliphatic hydroxyl groups is 2. The zero-order valence-corrected chi connectivity index (χ0v) is 15.1. The van der Waals surface area contributed by atoms with Gasteiger partial charge in [-0.25, -0.2) is 0 Å². The van der Waals surface area contributed by atoms with Gasteiger partial charge in [-0.15, -0.1) is 0 Å². The molecule has 2 N–H and O–H groups in total. The first kappa shape index (κ1) is 18.0. The molecule has 0 bridgehead atoms. The van der Waals surface area contributed by atoms with Gasteiger partial charge in [-0.2, -0.15) is 0 Å². The lowest BCUT2D eigenvalue weighted by Gasteiger charge is -2.59. The molecule has 0 aromatic rings. The summed E-state index contributed by atoms with van der Waals surface area (Å²) in [7, 11) is 0. The summed E-state index contributed by atoms with van der Waals surface area (Å²) in [4.78, 5) is 0. The van der Waals surface area contributed by atoms with Crippen LogP contribution in [-0.2, 0) is 0 Å². The van der Waals surface area contributed by atoms with Crippen LogP contribution in [-0.4, -0.2) is 22.9 Å². The van der Waals surface area contributed by atoms with Gasteiger partial charge >= 0.3 is 0 Å². The molecule has 0 radical (unpaired) electrons. The van der Waals surface area contributed by atoms with Crippen molar-refractivity contribution in [2.75, 3.05) is 6.61 Å². The second-order valence-corrected chi connectivity index (χ2v) is 8.97. The van der Waals surface area contributed by atoms with E-state index in [1.165, 1.54) is 19.3 Å². The number of hydrogen-bond donors (Lipinski definition) is 2. The molecule has 2 heteroatoms. The number of hydrogen-bond acceptors (Lipinski definition) is 2. The molecule has 5 unspecified atom stereocenters. The van der Waals surface area contributed by atoms with E-state index in [-0.39, 0.29) is 18.1 Å². The van der Waals surface area contributed by atoms with Crippen molar-refractivity contribution in [2.24, 2.45) is 28.6 Å². The minimum absolute atomic E-state index is 0.280. The second kappa shape index (κ2) is 6.65. The van der Waals surface area contributed by atoms with Crippen LogP contribution < -0.4 is 0 Å². The van der Waals surface area contributed by atoms with Crippen LogP contribution in [0.15, 0.2) is 12.2 Å². The number of rotatable bonds is 5. The van der Waals surface area contributed by atoms with Gasteiger partial charge in [0, 0.05) is 6.61 Å². The highest BCUT2D eigenvalue weighted by Crippen LogP contribution is 2.61. The largest absolute Gasteiger partial charge is 0.396 e. The lowest BCUT2D eigenvalue weighted by molar-refractivity contribution is -0.0846. The van der Waals surface area contributed by atoms with E-state index < -0.39 is 0 Å². The van der Waals surface area contributed by atoms with Gasteiger partial charge in [0.1, 0.15) is 0 Å². The maximum atomic E-state index is 10.6. The third-order valence-corrected chi connectivity index (χ3v) is 6.98. The Hall–Kier alpha value is -0.340. The molecule has 0 amide bonds. The lowest BCUT2D eigenvalue weighted by Crippen LogP contribution is -2.52. The van der Waals surface area contributed by atoms with E-state index in [0.717, 1.165) is 31.3 Å². The van der Waals surface area contributed by atoms with Gasteiger partial charge in [-0.05, 0) is 66.3 Å². The Morgan fingerprint density at radius 3 is 2.55 bits per heavy atom. The van der Waals surface area contributed by atoms with Gasteiger partial charge < -0.3 is 10.2 Å². The number of fused-ring (bicyclic) bond motifs is 1. The Kier molecular flexibility index (Phi) is 5.44. The topological polar surface area (TPSA) is 40.5 Å². The van der Waals surface area contributed by atoms with Crippen LogP contribution in [0.3, 0.4) is 0 Å². The van der Waals surface area contributed by atoms with Gasteiger partial charge in [0.05, 0.1) is 6.10 Å². The van der Waals surface area contributed by atoms with E-state index in [0.29, 0.717) is 23.2 Å². The highest BCUT2D eigenvalue weighted by molar-refractivity contribution is 5.19. The lowest BCUT2D eigenvalue weighted by atomic mass is 9.46. The molecule has 2 rings (SSSR count). The van der Waals surface area contributed by atoms with Crippen LogP contribution in [0.1, 0.15) is 72.6 Å². The maximum absolute atomic E-state index is 10.6. The Balaban J connectivity index is 2.19.